The molecule has 0 amide bonds. The van der Waals surface area contributed by atoms with Crippen molar-refractivity contribution in [3.63, 3.8) is 0 Å². The Morgan fingerprint density at radius 1 is 1.36 bits per heavy atom. The zero-order valence-corrected chi connectivity index (χ0v) is 14.6. The SMILES string of the molecule is CCCCn1nc(C)c(-c2nnc(SCCC(=O)O)s2)c1C. The first-order valence-electron chi connectivity index (χ1n) is 7.25. The number of carbonyl (C=O) groups is 1. The monoisotopic (exact) mass is 340 g/mol. The van der Waals surface area contributed by atoms with Gasteiger partial charge in [0.1, 0.15) is 0 Å². The number of aromatic nitrogens is 4. The van der Waals surface area contributed by atoms with Gasteiger partial charge in [0.15, 0.2) is 9.35 Å². The minimum Gasteiger partial charge on any atom is -0.481 e. The lowest BCUT2D eigenvalue weighted by atomic mass is 10.2. The van der Waals surface area contributed by atoms with Gasteiger partial charge in [0.05, 0.1) is 17.7 Å². The van der Waals surface area contributed by atoms with Crippen LogP contribution < -0.4 is 0 Å². The summed E-state index contributed by atoms with van der Waals surface area (Å²) in [5, 5.41) is 22.5. The molecule has 0 atom stereocenters. The van der Waals surface area contributed by atoms with Gasteiger partial charge in [0.2, 0.25) is 0 Å². The van der Waals surface area contributed by atoms with Gasteiger partial charge in [-0.25, -0.2) is 0 Å². The summed E-state index contributed by atoms with van der Waals surface area (Å²) < 4.78 is 2.84. The lowest BCUT2D eigenvalue weighted by Gasteiger charge is -2.02. The Morgan fingerprint density at radius 2 is 2.14 bits per heavy atom. The summed E-state index contributed by atoms with van der Waals surface area (Å²) in [4.78, 5) is 10.5. The summed E-state index contributed by atoms with van der Waals surface area (Å²) in [5.41, 5.74) is 3.13. The average molecular weight is 340 g/mol. The van der Waals surface area contributed by atoms with E-state index in [9.17, 15) is 4.79 Å². The van der Waals surface area contributed by atoms with Gasteiger partial charge in [-0.05, 0) is 20.3 Å². The Bertz CT molecular complexity index is 651. The molecule has 0 radical (unpaired) electrons. The van der Waals surface area contributed by atoms with E-state index in [-0.39, 0.29) is 6.42 Å². The van der Waals surface area contributed by atoms with Gasteiger partial charge >= 0.3 is 5.97 Å². The van der Waals surface area contributed by atoms with Crippen LogP contribution in [0.15, 0.2) is 4.34 Å². The van der Waals surface area contributed by atoms with Crippen LogP contribution in [0.25, 0.3) is 10.6 Å². The van der Waals surface area contributed by atoms with Crippen LogP contribution in [0.4, 0.5) is 0 Å². The zero-order valence-electron chi connectivity index (χ0n) is 13.0. The molecular weight excluding hydrogens is 320 g/mol. The molecule has 1 N–H and O–H groups in total. The van der Waals surface area contributed by atoms with Crippen LogP contribution in [-0.2, 0) is 11.3 Å². The predicted octanol–water partition coefficient (Wildman–Crippen LogP) is 3.39. The van der Waals surface area contributed by atoms with Crippen LogP contribution >= 0.6 is 23.1 Å². The standard InChI is InChI=1S/C14H20N4O2S2/c1-4-5-7-18-10(3)12(9(2)17-18)13-15-16-14(22-13)21-8-6-11(19)20/h4-8H2,1-3H3,(H,19,20). The molecule has 2 aromatic rings. The van der Waals surface area contributed by atoms with Gasteiger partial charge < -0.3 is 5.11 Å². The number of unbranched alkanes of at least 4 members (excludes halogenated alkanes) is 1. The molecule has 120 valence electrons. The smallest absolute Gasteiger partial charge is 0.304 e. The first kappa shape index (κ1) is 17.0. The zero-order chi connectivity index (χ0) is 16.1. The number of aliphatic carboxylic acids is 1. The Labute approximate surface area is 138 Å². The molecule has 0 aromatic carbocycles. The van der Waals surface area contributed by atoms with E-state index in [0.717, 1.165) is 45.7 Å². The van der Waals surface area contributed by atoms with E-state index in [1.54, 1.807) is 0 Å². The number of carboxylic acid groups (broad SMARTS) is 1. The molecule has 0 aliphatic carbocycles. The maximum Gasteiger partial charge on any atom is 0.304 e. The van der Waals surface area contributed by atoms with Gasteiger partial charge in [-0.2, -0.15) is 5.10 Å². The number of hydrogen-bond donors (Lipinski definition) is 1. The third-order valence-electron chi connectivity index (χ3n) is 3.27. The maximum atomic E-state index is 10.5. The van der Waals surface area contributed by atoms with E-state index in [2.05, 4.69) is 29.1 Å². The molecule has 22 heavy (non-hydrogen) atoms. The van der Waals surface area contributed by atoms with Gasteiger partial charge in [0, 0.05) is 18.0 Å². The molecule has 8 heteroatoms. The van der Waals surface area contributed by atoms with E-state index in [1.165, 1.54) is 23.1 Å². The van der Waals surface area contributed by atoms with Crippen molar-refractivity contribution in [3.8, 4) is 10.6 Å². The fraction of sp³-hybridized carbons (Fsp3) is 0.571. The van der Waals surface area contributed by atoms with Crippen LogP contribution in [-0.4, -0.2) is 36.8 Å². The normalized spacial score (nSPS) is 11.0. The van der Waals surface area contributed by atoms with Crippen molar-refractivity contribution in [3.05, 3.63) is 11.4 Å². The van der Waals surface area contributed by atoms with E-state index in [0.29, 0.717) is 5.75 Å². The minimum atomic E-state index is -0.791. The second-order valence-corrected chi connectivity index (χ2v) is 7.31. The van der Waals surface area contributed by atoms with E-state index < -0.39 is 5.97 Å². The molecule has 0 saturated heterocycles. The highest BCUT2D eigenvalue weighted by Gasteiger charge is 2.17. The Morgan fingerprint density at radius 3 is 2.82 bits per heavy atom. The Balaban J connectivity index is 2.13. The van der Waals surface area contributed by atoms with E-state index in [4.69, 9.17) is 5.11 Å². The number of rotatable bonds is 8. The number of aryl methyl sites for hydroxylation is 2. The van der Waals surface area contributed by atoms with Crippen LogP contribution in [0.2, 0.25) is 0 Å². The summed E-state index contributed by atoms with van der Waals surface area (Å²) in [7, 11) is 0. The van der Waals surface area contributed by atoms with Gasteiger partial charge in [0.25, 0.3) is 0 Å². The highest BCUT2D eigenvalue weighted by atomic mass is 32.2. The quantitative estimate of drug-likeness (QED) is 0.742. The molecule has 0 spiro atoms. The van der Waals surface area contributed by atoms with Crippen molar-refractivity contribution in [1.29, 1.82) is 0 Å². The van der Waals surface area contributed by atoms with Crippen molar-refractivity contribution < 1.29 is 9.90 Å². The first-order chi connectivity index (χ1) is 10.5. The third-order valence-corrected chi connectivity index (χ3v) is 5.34. The van der Waals surface area contributed by atoms with Gasteiger partial charge in [-0.3, -0.25) is 9.48 Å². The molecule has 0 bridgehead atoms. The Hall–Kier alpha value is -1.41. The summed E-state index contributed by atoms with van der Waals surface area (Å²) in [6, 6.07) is 0. The summed E-state index contributed by atoms with van der Waals surface area (Å²) in [6.45, 7) is 7.13. The molecule has 2 rings (SSSR count). The van der Waals surface area contributed by atoms with E-state index in [1.807, 2.05) is 11.6 Å². The third kappa shape index (κ3) is 4.07. The molecule has 6 nitrogen and oxygen atoms in total. The number of hydrogen-bond acceptors (Lipinski definition) is 6. The topological polar surface area (TPSA) is 80.9 Å². The highest BCUT2D eigenvalue weighted by Crippen LogP contribution is 2.33. The second-order valence-electron chi connectivity index (χ2n) is 4.99. The van der Waals surface area contributed by atoms with Crippen LogP contribution in [0, 0.1) is 13.8 Å². The summed E-state index contributed by atoms with van der Waals surface area (Å²) in [6.07, 6.45) is 2.37. The summed E-state index contributed by atoms with van der Waals surface area (Å²) in [5.74, 6) is -0.279. The van der Waals surface area contributed by atoms with Gasteiger partial charge in [-0.15, -0.1) is 10.2 Å². The first-order valence-corrected chi connectivity index (χ1v) is 9.05. The molecule has 0 aliphatic rings. The second kappa shape index (κ2) is 7.73. The number of thioether (sulfide) groups is 1. The van der Waals surface area contributed by atoms with Crippen molar-refractivity contribution in [2.75, 3.05) is 5.75 Å². The fourth-order valence-corrected chi connectivity index (χ4v) is 4.13. The summed E-state index contributed by atoms with van der Waals surface area (Å²) >= 11 is 2.93. The average Bonchev–Trinajstić information content (AvgIpc) is 3.01. The van der Waals surface area contributed by atoms with Crippen molar-refractivity contribution in [1.82, 2.24) is 20.0 Å². The number of nitrogens with zero attached hydrogens (tertiary/aromatic N) is 4. The molecular formula is C14H20N4O2S2. The molecule has 2 heterocycles. The minimum absolute atomic E-state index is 0.132. The van der Waals surface area contributed by atoms with Crippen molar-refractivity contribution in [2.45, 2.75) is 50.9 Å². The molecule has 0 unspecified atom stereocenters. The Kier molecular flexibility index (Phi) is 5.96. The largest absolute Gasteiger partial charge is 0.481 e. The van der Waals surface area contributed by atoms with E-state index >= 15 is 0 Å². The fourth-order valence-electron chi connectivity index (χ4n) is 2.13. The molecule has 0 saturated carbocycles. The lowest BCUT2D eigenvalue weighted by molar-refractivity contribution is -0.136. The van der Waals surface area contributed by atoms with Crippen molar-refractivity contribution in [2.24, 2.45) is 0 Å². The molecule has 2 aromatic heterocycles. The lowest BCUT2D eigenvalue weighted by Crippen LogP contribution is -2.02. The maximum absolute atomic E-state index is 10.5. The predicted molar refractivity (Wildman–Crippen MR) is 88.5 cm³/mol. The number of carboxylic acids is 1. The van der Waals surface area contributed by atoms with Crippen LogP contribution in [0.1, 0.15) is 37.6 Å². The van der Waals surface area contributed by atoms with Crippen molar-refractivity contribution >= 4 is 29.1 Å². The molecule has 0 aliphatic heterocycles. The highest BCUT2D eigenvalue weighted by molar-refractivity contribution is 8.01. The molecule has 0 fully saturated rings. The van der Waals surface area contributed by atoms with Crippen LogP contribution in [0.3, 0.4) is 0 Å². The van der Waals surface area contributed by atoms with Crippen LogP contribution in [0.5, 0.6) is 0 Å². The van der Waals surface area contributed by atoms with Gasteiger partial charge in [-0.1, -0.05) is 36.4 Å².